The van der Waals surface area contributed by atoms with Gasteiger partial charge in [0.15, 0.2) is 0 Å². The number of hydrogen-bond acceptors (Lipinski definition) is 1. The van der Waals surface area contributed by atoms with Crippen LogP contribution in [0.2, 0.25) is 5.02 Å². The van der Waals surface area contributed by atoms with E-state index < -0.39 is 0 Å². The number of pyridine rings is 1. The molecule has 0 spiro atoms. The molecule has 0 bridgehead atoms. The average Bonchev–Trinajstić information content (AvgIpc) is 2.36. The SMILES string of the molecule is Clc1cccc(CCC#Cc2ccccn2)c1. The second-order valence-electron chi connectivity index (χ2n) is 3.65. The molecule has 0 amide bonds. The quantitative estimate of drug-likeness (QED) is 0.731. The highest BCUT2D eigenvalue weighted by Gasteiger charge is 1.92. The Kier molecular flexibility index (Phi) is 4.18. The molecule has 1 heterocycles. The molecule has 1 nitrogen and oxygen atoms in total. The maximum absolute atomic E-state index is 5.91. The molecule has 0 N–H and O–H groups in total. The van der Waals surface area contributed by atoms with E-state index in [0.29, 0.717) is 0 Å². The predicted molar refractivity (Wildman–Crippen MR) is 70.9 cm³/mol. The largest absolute Gasteiger partial charge is 0.248 e. The van der Waals surface area contributed by atoms with E-state index >= 15 is 0 Å². The van der Waals surface area contributed by atoms with Crippen LogP contribution in [0.4, 0.5) is 0 Å². The Morgan fingerprint density at radius 2 is 2.06 bits per heavy atom. The maximum Gasteiger partial charge on any atom is 0.113 e. The molecule has 17 heavy (non-hydrogen) atoms. The number of aryl methyl sites for hydroxylation is 1. The number of hydrogen-bond donors (Lipinski definition) is 0. The first-order valence-electron chi connectivity index (χ1n) is 5.49. The molecular weight excluding hydrogens is 230 g/mol. The predicted octanol–water partition coefficient (Wildman–Crippen LogP) is 3.72. The second kappa shape index (κ2) is 6.08. The lowest BCUT2D eigenvalue weighted by Crippen LogP contribution is -1.83. The Balaban J connectivity index is 1.90. The molecule has 0 aliphatic heterocycles. The van der Waals surface area contributed by atoms with E-state index in [1.165, 1.54) is 5.56 Å². The van der Waals surface area contributed by atoms with E-state index in [9.17, 15) is 0 Å². The van der Waals surface area contributed by atoms with Gasteiger partial charge < -0.3 is 0 Å². The molecule has 2 rings (SSSR count). The molecule has 0 saturated heterocycles. The number of halogens is 1. The molecule has 84 valence electrons. The summed E-state index contributed by atoms with van der Waals surface area (Å²) in [6, 6.07) is 13.6. The smallest absolute Gasteiger partial charge is 0.113 e. The Morgan fingerprint density at radius 1 is 1.12 bits per heavy atom. The summed E-state index contributed by atoms with van der Waals surface area (Å²) < 4.78 is 0. The fraction of sp³-hybridized carbons (Fsp3) is 0.133. The van der Waals surface area contributed by atoms with Gasteiger partial charge in [-0.05, 0) is 42.2 Å². The molecule has 0 radical (unpaired) electrons. The van der Waals surface area contributed by atoms with Gasteiger partial charge in [0.2, 0.25) is 0 Å². The normalized spacial score (nSPS) is 9.47. The van der Waals surface area contributed by atoms with Gasteiger partial charge in [-0.3, -0.25) is 0 Å². The van der Waals surface area contributed by atoms with Crippen LogP contribution in [0.3, 0.4) is 0 Å². The molecule has 2 aromatic rings. The summed E-state index contributed by atoms with van der Waals surface area (Å²) in [6.45, 7) is 0. The van der Waals surface area contributed by atoms with Gasteiger partial charge in [-0.2, -0.15) is 0 Å². The molecule has 0 atom stereocenters. The van der Waals surface area contributed by atoms with Crippen molar-refractivity contribution in [3.8, 4) is 11.8 Å². The van der Waals surface area contributed by atoms with Gasteiger partial charge in [-0.25, -0.2) is 4.98 Å². The van der Waals surface area contributed by atoms with Crippen LogP contribution in [-0.2, 0) is 6.42 Å². The van der Waals surface area contributed by atoms with Gasteiger partial charge in [0.1, 0.15) is 5.69 Å². The van der Waals surface area contributed by atoms with Crippen molar-refractivity contribution in [2.45, 2.75) is 12.8 Å². The van der Waals surface area contributed by atoms with Gasteiger partial charge in [-0.1, -0.05) is 35.7 Å². The summed E-state index contributed by atoms with van der Waals surface area (Å²) >= 11 is 5.91. The highest BCUT2D eigenvalue weighted by Crippen LogP contribution is 2.11. The first kappa shape index (κ1) is 11.7. The second-order valence-corrected chi connectivity index (χ2v) is 4.08. The van der Waals surface area contributed by atoms with Crippen molar-refractivity contribution in [2.24, 2.45) is 0 Å². The lowest BCUT2D eigenvalue weighted by molar-refractivity contribution is 1.03. The lowest BCUT2D eigenvalue weighted by Gasteiger charge is -1.97. The van der Waals surface area contributed by atoms with Crippen LogP contribution in [0.25, 0.3) is 0 Å². The monoisotopic (exact) mass is 241 g/mol. The minimum Gasteiger partial charge on any atom is -0.248 e. The lowest BCUT2D eigenvalue weighted by atomic mass is 10.1. The standard InChI is InChI=1S/C15H12ClN/c16-14-8-5-7-13(12-14)6-1-2-9-15-10-3-4-11-17-15/h3-5,7-8,10-12H,1,6H2. The third kappa shape index (κ3) is 3.94. The van der Waals surface area contributed by atoms with Crippen molar-refractivity contribution in [3.05, 3.63) is 64.9 Å². The highest BCUT2D eigenvalue weighted by molar-refractivity contribution is 6.30. The molecular formula is C15H12ClN. The highest BCUT2D eigenvalue weighted by atomic mass is 35.5. The van der Waals surface area contributed by atoms with Crippen molar-refractivity contribution in [1.82, 2.24) is 4.98 Å². The first-order chi connectivity index (χ1) is 8.34. The summed E-state index contributed by atoms with van der Waals surface area (Å²) in [6.07, 6.45) is 3.48. The zero-order chi connectivity index (χ0) is 11.9. The molecule has 0 aliphatic carbocycles. The van der Waals surface area contributed by atoms with Gasteiger partial charge in [0.05, 0.1) is 0 Å². The van der Waals surface area contributed by atoms with E-state index in [4.69, 9.17) is 11.6 Å². The third-order valence-electron chi connectivity index (χ3n) is 2.31. The van der Waals surface area contributed by atoms with Crippen LogP contribution in [0.5, 0.6) is 0 Å². The summed E-state index contributed by atoms with van der Waals surface area (Å²) in [5.74, 6) is 6.15. The third-order valence-corrected chi connectivity index (χ3v) is 2.54. The van der Waals surface area contributed by atoms with E-state index in [1.807, 2.05) is 36.4 Å². The van der Waals surface area contributed by atoms with Gasteiger partial charge >= 0.3 is 0 Å². The number of nitrogens with zero attached hydrogens (tertiary/aromatic N) is 1. The van der Waals surface area contributed by atoms with Gasteiger partial charge in [-0.15, -0.1) is 0 Å². The zero-order valence-corrected chi connectivity index (χ0v) is 10.1. The van der Waals surface area contributed by atoms with Crippen LogP contribution in [0.1, 0.15) is 17.7 Å². The minimum atomic E-state index is 0.778. The molecule has 0 saturated carbocycles. The fourth-order valence-electron chi connectivity index (χ4n) is 1.49. The average molecular weight is 242 g/mol. The van der Waals surface area contributed by atoms with Crippen molar-refractivity contribution in [2.75, 3.05) is 0 Å². The molecule has 0 unspecified atom stereocenters. The Labute approximate surface area is 106 Å². The van der Waals surface area contributed by atoms with Crippen molar-refractivity contribution < 1.29 is 0 Å². The first-order valence-corrected chi connectivity index (χ1v) is 5.87. The van der Waals surface area contributed by atoms with Gasteiger partial charge in [0, 0.05) is 17.6 Å². The molecule has 0 aliphatic rings. The van der Waals surface area contributed by atoms with E-state index in [2.05, 4.69) is 22.9 Å². The zero-order valence-electron chi connectivity index (χ0n) is 9.36. The van der Waals surface area contributed by atoms with Gasteiger partial charge in [0.25, 0.3) is 0 Å². The van der Waals surface area contributed by atoms with Crippen LogP contribution < -0.4 is 0 Å². The van der Waals surface area contributed by atoms with Crippen molar-refractivity contribution >= 4 is 11.6 Å². The topological polar surface area (TPSA) is 12.9 Å². The maximum atomic E-state index is 5.91. The van der Waals surface area contributed by atoms with E-state index in [-0.39, 0.29) is 0 Å². The fourth-order valence-corrected chi connectivity index (χ4v) is 1.70. The number of rotatable bonds is 2. The molecule has 2 heteroatoms. The number of benzene rings is 1. The van der Waals surface area contributed by atoms with Crippen molar-refractivity contribution in [3.63, 3.8) is 0 Å². The van der Waals surface area contributed by atoms with Crippen LogP contribution in [-0.4, -0.2) is 4.98 Å². The minimum absolute atomic E-state index is 0.778. The Hall–Kier alpha value is -1.78. The van der Waals surface area contributed by atoms with Crippen LogP contribution in [0, 0.1) is 11.8 Å². The molecule has 0 fully saturated rings. The van der Waals surface area contributed by atoms with E-state index in [1.54, 1.807) is 6.20 Å². The Morgan fingerprint density at radius 3 is 2.82 bits per heavy atom. The summed E-state index contributed by atoms with van der Waals surface area (Å²) in [7, 11) is 0. The summed E-state index contributed by atoms with van der Waals surface area (Å²) in [5, 5.41) is 0.778. The summed E-state index contributed by atoms with van der Waals surface area (Å²) in [5.41, 5.74) is 2.03. The van der Waals surface area contributed by atoms with Crippen LogP contribution >= 0.6 is 11.6 Å². The molecule has 1 aromatic carbocycles. The van der Waals surface area contributed by atoms with Crippen molar-refractivity contribution in [1.29, 1.82) is 0 Å². The number of aromatic nitrogens is 1. The molecule has 1 aromatic heterocycles. The summed E-state index contributed by atoms with van der Waals surface area (Å²) in [4.78, 5) is 4.14. The Bertz CT molecular complexity index is 538. The van der Waals surface area contributed by atoms with Crippen LogP contribution in [0.15, 0.2) is 48.7 Å². The van der Waals surface area contributed by atoms with E-state index in [0.717, 1.165) is 23.6 Å².